The first-order valence-corrected chi connectivity index (χ1v) is 7.30. The quantitative estimate of drug-likeness (QED) is 0.684. The molecule has 1 fully saturated rings. The SMILES string of the molecule is CCCCN1C(=O)NC(=O)/C(=C\c2ccc(C)s2)C1=O. The molecular weight excluding hydrogens is 276 g/mol. The summed E-state index contributed by atoms with van der Waals surface area (Å²) in [5, 5.41) is 2.21. The molecule has 0 aliphatic carbocycles. The van der Waals surface area contributed by atoms with E-state index in [1.165, 1.54) is 11.3 Å². The van der Waals surface area contributed by atoms with Crippen LogP contribution in [0.5, 0.6) is 0 Å². The zero-order chi connectivity index (χ0) is 14.7. The van der Waals surface area contributed by atoms with Gasteiger partial charge in [0.15, 0.2) is 0 Å². The van der Waals surface area contributed by atoms with Crippen LogP contribution in [-0.2, 0) is 9.59 Å². The average molecular weight is 292 g/mol. The highest BCUT2D eigenvalue weighted by Crippen LogP contribution is 2.20. The number of imide groups is 2. The molecule has 0 radical (unpaired) electrons. The molecule has 4 amide bonds. The molecular formula is C14H16N2O3S. The third-order valence-electron chi connectivity index (χ3n) is 2.97. The Morgan fingerprint density at radius 2 is 2.05 bits per heavy atom. The van der Waals surface area contributed by atoms with Crippen LogP contribution >= 0.6 is 11.3 Å². The van der Waals surface area contributed by atoms with E-state index in [2.05, 4.69) is 5.32 Å². The van der Waals surface area contributed by atoms with Crippen molar-refractivity contribution >= 4 is 35.3 Å². The molecule has 106 valence electrons. The van der Waals surface area contributed by atoms with Crippen molar-refractivity contribution in [3.8, 4) is 0 Å². The van der Waals surface area contributed by atoms with Gasteiger partial charge in [-0.2, -0.15) is 0 Å². The van der Waals surface area contributed by atoms with Crippen LogP contribution in [0.1, 0.15) is 29.5 Å². The topological polar surface area (TPSA) is 66.5 Å². The summed E-state index contributed by atoms with van der Waals surface area (Å²) in [4.78, 5) is 38.7. The third kappa shape index (κ3) is 2.96. The molecule has 2 heterocycles. The first-order chi connectivity index (χ1) is 9.52. The van der Waals surface area contributed by atoms with E-state index in [9.17, 15) is 14.4 Å². The van der Waals surface area contributed by atoms with Crippen LogP contribution in [0, 0.1) is 6.92 Å². The van der Waals surface area contributed by atoms with E-state index < -0.39 is 17.8 Å². The number of nitrogens with zero attached hydrogens (tertiary/aromatic N) is 1. The Hall–Kier alpha value is -1.95. The van der Waals surface area contributed by atoms with Crippen molar-refractivity contribution in [2.24, 2.45) is 0 Å². The Labute approximate surface area is 121 Å². The van der Waals surface area contributed by atoms with Crippen LogP contribution in [-0.4, -0.2) is 29.3 Å². The Bertz CT molecular complexity index is 589. The highest BCUT2D eigenvalue weighted by molar-refractivity contribution is 7.12. The van der Waals surface area contributed by atoms with Gasteiger partial charge in [-0.1, -0.05) is 13.3 Å². The number of carbonyl (C=O) groups excluding carboxylic acids is 3. The standard InChI is InChI=1S/C14H16N2O3S/c1-3-4-7-16-13(18)11(12(17)15-14(16)19)8-10-6-5-9(2)20-10/h5-6,8H,3-4,7H2,1-2H3,(H,15,17,19)/b11-8+. The molecule has 1 N–H and O–H groups in total. The van der Waals surface area contributed by atoms with Gasteiger partial charge in [-0.05, 0) is 31.6 Å². The lowest BCUT2D eigenvalue weighted by atomic mass is 10.1. The number of thiophene rings is 1. The summed E-state index contributed by atoms with van der Waals surface area (Å²) in [5.41, 5.74) is 0.0163. The zero-order valence-electron chi connectivity index (χ0n) is 11.4. The summed E-state index contributed by atoms with van der Waals surface area (Å²) < 4.78 is 0. The number of urea groups is 1. The highest BCUT2D eigenvalue weighted by atomic mass is 32.1. The van der Waals surface area contributed by atoms with Crippen LogP contribution < -0.4 is 5.32 Å². The lowest BCUT2D eigenvalue weighted by Crippen LogP contribution is -2.54. The maximum atomic E-state index is 12.2. The van der Waals surface area contributed by atoms with Gasteiger partial charge in [0.05, 0.1) is 0 Å². The monoisotopic (exact) mass is 292 g/mol. The van der Waals surface area contributed by atoms with E-state index in [4.69, 9.17) is 0 Å². The lowest BCUT2D eigenvalue weighted by Gasteiger charge is -2.26. The van der Waals surface area contributed by atoms with Gasteiger partial charge < -0.3 is 0 Å². The van der Waals surface area contributed by atoms with Crippen LogP contribution in [0.15, 0.2) is 17.7 Å². The number of amides is 4. The normalized spacial score (nSPS) is 17.8. The maximum Gasteiger partial charge on any atom is 0.331 e. The predicted molar refractivity (Wildman–Crippen MR) is 77.2 cm³/mol. The minimum Gasteiger partial charge on any atom is -0.273 e. The maximum absolute atomic E-state index is 12.2. The first-order valence-electron chi connectivity index (χ1n) is 6.48. The van der Waals surface area contributed by atoms with Crippen LogP contribution in [0.2, 0.25) is 0 Å². The molecule has 0 spiro atoms. The molecule has 0 bridgehead atoms. The molecule has 1 saturated heterocycles. The number of carbonyl (C=O) groups is 3. The first kappa shape index (κ1) is 14.5. The second-order valence-corrected chi connectivity index (χ2v) is 5.90. The molecule has 1 aliphatic rings. The fourth-order valence-electron chi connectivity index (χ4n) is 1.89. The number of nitrogens with one attached hydrogen (secondary N) is 1. The minimum atomic E-state index is -0.632. The Morgan fingerprint density at radius 1 is 1.30 bits per heavy atom. The smallest absolute Gasteiger partial charge is 0.273 e. The summed E-state index contributed by atoms with van der Waals surface area (Å²) in [6.07, 6.45) is 3.13. The minimum absolute atomic E-state index is 0.0163. The molecule has 5 nitrogen and oxygen atoms in total. The van der Waals surface area contributed by atoms with E-state index in [-0.39, 0.29) is 5.57 Å². The average Bonchev–Trinajstić information content (AvgIpc) is 2.80. The molecule has 0 saturated carbocycles. The number of hydrogen-bond donors (Lipinski definition) is 1. The van der Waals surface area contributed by atoms with Crippen molar-refractivity contribution in [1.82, 2.24) is 10.2 Å². The Balaban J connectivity index is 2.27. The number of rotatable bonds is 4. The number of hydrogen-bond acceptors (Lipinski definition) is 4. The van der Waals surface area contributed by atoms with Gasteiger partial charge in [0, 0.05) is 16.3 Å². The fourth-order valence-corrected chi connectivity index (χ4v) is 2.71. The van der Waals surface area contributed by atoms with Crippen molar-refractivity contribution in [2.45, 2.75) is 26.7 Å². The summed E-state index contributed by atoms with van der Waals surface area (Å²) in [7, 11) is 0. The number of barbiturate groups is 1. The van der Waals surface area contributed by atoms with Crippen LogP contribution in [0.25, 0.3) is 6.08 Å². The molecule has 1 aliphatic heterocycles. The molecule has 0 unspecified atom stereocenters. The second-order valence-electron chi connectivity index (χ2n) is 4.58. The summed E-state index contributed by atoms with van der Waals surface area (Å²) in [5.74, 6) is -1.14. The van der Waals surface area contributed by atoms with Gasteiger partial charge in [0.2, 0.25) is 0 Å². The molecule has 1 aromatic heterocycles. The number of aryl methyl sites for hydroxylation is 1. The van der Waals surface area contributed by atoms with E-state index in [0.717, 1.165) is 27.5 Å². The second kappa shape index (κ2) is 6.00. The van der Waals surface area contributed by atoms with E-state index >= 15 is 0 Å². The Morgan fingerprint density at radius 3 is 2.65 bits per heavy atom. The van der Waals surface area contributed by atoms with Gasteiger partial charge >= 0.3 is 6.03 Å². The Kier molecular flexibility index (Phi) is 4.34. The third-order valence-corrected chi connectivity index (χ3v) is 3.92. The van der Waals surface area contributed by atoms with E-state index in [0.29, 0.717) is 6.54 Å². The van der Waals surface area contributed by atoms with Gasteiger partial charge in [-0.15, -0.1) is 11.3 Å². The van der Waals surface area contributed by atoms with Crippen molar-refractivity contribution in [3.63, 3.8) is 0 Å². The van der Waals surface area contributed by atoms with E-state index in [1.807, 2.05) is 26.0 Å². The largest absolute Gasteiger partial charge is 0.331 e. The van der Waals surface area contributed by atoms with Gasteiger partial charge in [-0.3, -0.25) is 19.8 Å². The van der Waals surface area contributed by atoms with Crippen molar-refractivity contribution in [3.05, 3.63) is 27.5 Å². The summed E-state index contributed by atoms with van der Waals surface area (Å²) in [6, 6.07) is 3.13. The zero-order valence-corrected chi connectivity index (χ0v) is 12.3. The van der Waals surface area contributed by atoms with Crippen molar-refractivity contribution in [2.75, 3.05) is 6.54 Å². The molecule has 0 aromatic carbocycles. The van der Waals surface area contributed by atoms with Crippen LogP contribution in [0.4, 0.5) is 4.79 Å². The van der Waals surface area contributed by atoms with Crippen molar-refractivity contribution < 1.29 is 14.4 Å². The van der Waals surface area contributed by atoms with Gasteiger partial charge in [-0.25, -0.2) is 4.79 Å². The lowest BCUT2D eigenvalue weighted by molar-refractivity contribution is -0.130. The fraction of sp³-hybridized carbons (Fsp3) is 0.357. The highest BCUT2D eigenvalue weighted by Gasteiger charge is 2.35. The molecule has 1 aromatic rings. The van der Waals surface area contributed by atoms with Gasteiger partial charge in [0.25, 0.3) is 11.8 Å². The van der Waals surface area contributed by atoms with E-state index in [1.54, 1.807) is 6.08 Å². The van der Waals surface area contributed by atoms with Crippen molar-refractivity contribution in [1.29, 1.82) is 0 Å². The molecule has 6 heteroatoms. The number of unbranched alkanes of at least 4 members (excludes halogenated alkanes) is 1. The molecule has 2 rings (SSSR count). The summed E-state index contributed by atoms with van der Waals surface area (Å²) >= 11 is 1.49. The molecule has 0 atom stereocenters. The summed E-state index contributed by atoms with van der Waals surface area (Å²) in [6.45, 7) is 4.25. The predicted octanol–water partition coefficient (Wildman–Crippen LogP) is 2.32. The van der Waals surface area contributed by atoms with Crippen LogP contribution in [0.3, 0.4) is 0 Å². The molecule has 20 heavy (non-hydrogen) atoms. The van der Waals surface area contributed by atoms with Gasteiger partial charge in [0.1, 0.15) is 5.57 Å².